The maximum absolute atomic E-state index is 13.9. The minimum Gasteiger partial charge on any atom is -0.496 e. The Bertz CT molecular complexity index is 487. The van der Waals surface area contributed by atoms with Crippen molar-refractivity contribution in [2.24, 2.45) is 0 Å². The van der Waals surface area contributed by atoms with Gasteiger partial charge >= 0.3 is 0 Å². The summed E-state index contributed by atoms with van der Waals surface area (Å²) in [5.41, 5.74) is -0.477. The van der Waals surface area contributed by atoms with Crippen molar-refractivity contribution in [3.8, 4) is 5.75 Å². The second-order valence-corrected chi connectivity index (χ2v) is 5.51. The van der Waals surface area contributed by atoms with E-state index in [4.69, 9.17) is 16.3 Å². The molecule has 110 valence electrons. The van der Waals surface area contributed by atoms with Crippen molar-refractivity contribution in [2.75, 3.05) is 13.0 Å². The molecule has 1 aromatic rings. The van der Waals surface area contributed by atoms with Crippen molar-refractivity contribution in [1.29, 1.82) is 0 Å². The molecule has 0 bridgehead atoms. The molecule has 0 heterocycles. The Morgan fingerprint density at radius 3 is 2.70 bits per heavy atom. The SMILES string of the molecule is COc1cccc(F)c1C(=O)NC1(CCl)CCCCC1. The third-order valence-electron chi connectivity index (χ3n) is 3.87. The van der Waals surface area contributed by atoms with Crippen LogP contribution >= 0.6 is 11.6 Å². The van der Waals surface area contributed by atoms with Gasteiger partial charge in [-0.1, -0.05) is 25.3 Å². The first-order chi connectivity index (χ1) is 9.62. The van der Waals surface area contributed by atoms with Crippen molar-refractivity contribution in [1.82, 2.24) is 5.32 Å². The molecule has 1 amide bonds. The van der Waals surface area contributed by atoms with Crippen LogP contribution in [0.5, 0.6) is 5.75 Å². The predicted molar refractivity (Wildman–Crippen MR) is 77.0 cm³/mol. The molecular weight excluding hydrogens is 281 g/mol. The van der Waals surface area contributed by atoms with Gasteiger partial charge in [-0.25, -0.2) is 4.39 Å². The van der Waals surface area contributed by atoms with Crippen molar-refractivity contribution in [3.05, 3.63) is 29.6 Å². The summed E-state index contributed by atoms with van der Waals surface area (Å²) in [4.78, 5) is 12.4. The highest BCUT2D eigenvalue weighted by Crippen LogP contribution is 2.30. The minimum atomic E-state index is -0.581. The number of halogens is 2. The molecule has 0 atom stereocenters. The molecule has 0 saturated heterocycles. The van der Waals surface area contributed by atoms with E-state index in [1.165, 1.54) is 19.2 Å². The van der Waals surface area contributed by atoms with Crippen LogP contribution in [0.2, 0.25) is 0 Å². The van der Waals surface area contributed by atoms with Gasteiger partial charge in [-0.15, -0.1) is 11.6 Å². The summed E-state index contributed by atoms with van der Waals surface area (Å²) in [5.74, 6) is -0.455. The van der Waals surface area contributed by atoms with E-state index in [-0.39, 0.29) is 11.3 Å². The van der Waals surface area contributed by atoms with Crippen LogP contribution in [0.1, 0.15) is 42.5 Å². The Hall–Kier alpha value is -1.29. The van der Waals surface area contributed by atoms with Gasteiger partial charge in [0.05, 0.1) is 12.6 Å². The molecule has 0 unspecified atom stereocenters. The summed E-state index contributed by atoms with van der Waals surface area (Å²) in [6.45, 7) is 0. The monoisotopic (exact) mass is 299 g/mol. The molecule has 0 spiro atoms. The molecule has 2 rings (SSSR count). The van der Waals surface area contributed by atoms with Crippen LogP contribution in [0, 0.1) is 5.82 Å². The zero-order chi connectivity index (χ0) is 14.6. The van der Waals surface area contributed by atoms with Crippen molar-refractivity contribution >= 4 is 17.5 Å². The number of hydrogen-bond donors (Lipinski definition) is 1. The molecule has 1 saturated carbocycles. The van der Waals surface area contributed by atoms with Gasteiger partial charge in [0.2, 0.25) is 0 Å². The van der Waals surface area contributed by atoms with E-state index in [1.54, 1.807) is 6.07 Å². The molecule has 0 aliphatic heterocycles. The number of amides is 1. The summed E-state index contributed by atoms with van der Waals surface area (Å²) in [5, 5.41) is 2.92. The number of nitrogens with one attached hydrogen (secondary N) is 1. The third kappa shape index (κ3) is 3.06. The lowest BCUT2D eigenvalue weighted by atomic mass is 9.83. The van der Waals surface area contributed by atoms with Crippen LogP contribution in [0.3, 0.4) is 0 Å². The fraction of sp³-hybridized carbons (Fsp3) is 0.533. The van der Waals surface area contributed by atoms with Crippen LogP contribution in [-0.2, 0) is 0 Å². The molecule has 0 radical (unpaired) electrons. The van der Waals surface area contributed by atoms with Crippen molar-refractivity contribution in [2.45, 2.75) is 37.6 Å². The highest BCUT2D eigenvalue weighted by atomic mass is 35.5. The number of benzene rings is 1. The second kappa shape index (κ2) is 6.44. The molecule has 5 heteroatoms. The Kier molecular flexibility index (Phi) is 4.86. The Morgan fingerprint density at radius 1 is 1.40 bits per heavy atom. The van der Waals surface area contributed by atoms with Crippen LogP contribution in [-0.4, -0.2) is 24.4 Å². The summed E-state index contributed by atoms with van der Waals surface area (Å²) in [6, 6.07) is 4.35. The van der Waals surface area contributed by atoms with E-state index >= 15 is 0 Å². The average molecular weight is 300 g/mol. The Labute approximate surface area is 123 Å². The zero-order valence-corrected chi connectivity index (χ0v) is 12.3. The first-order valence-electron chi connectivity index (χ1n) is 6.83. The molecule has 1 aliphatic carbocycles. The van der Waals surface area contributed by atoms with Gasteiger partial charge in [0.1, 0.15) is 17.1 Å². The lowest BCUT2D eigenvalue weighted by Crippen LogP contribution is -2.51. The fourth-order valence-corrected chi connectivity index (χ4v) is 3.05. The number of carbonyl (C=O) groups is 1. The highest BCUT2D eigenvalue weighted by Gasteiger charge is 2.34. The smallest absolute Gasteiger partial charge is 0.258 e. The van der Waals surface area contributed by atoms with Crippen LogP contribution < -0.4 is 10.1 Å². The molecule has 3 nitrogen and oxygen atoms in total. The van der Waals surface area contributed by atoms with Gasteiger partial charge in [0, 0.05) is 5.88 Å². The first-order valence-corrected chi connectivity index (χ1v) is 7.36. The Balaban J connectivity index is 2.23. The molecule has 1 N–H and O–H groups in total. The molecule has 1 aromatic carbocycles. The van der Waals surface area contributed by atoms with Crippen LogP contribution in [0.25, 0.3) is 0 Å². The fourth-order valence-electron chi connectivity index (χ4n) is 2.72. The molecular formula is C15H19ClFNO2. The average Bonchev–Trinajstić information content (AvgIpc) is 2.47. The number of ether oxygens (including phenoxy) is 1. The van der Waals surface area contributed by atoms with Gasteiger partial charge in [-0.3, -0.25) is 4.79 Å². The number of rotatable bonds is 4. The summed E-state index contributed by atoms with van der Waals surface area (Å²) < 4.78 is 19.0. The maximum Gasteiger partial charge on any atom is 0.258 e. The molecule has 1 fully saturated rings. The quantitative estimate of drug-likeness (QED) is 0.864. The van der Waals surface area contributed by atoms with E-state index < -0.39 is 17.3 Å². The largest absolute Gasteiger partial charge is 0.496 e. The van der Waals surface area contributed by atoms with Crippen molar-refractivity contribution < 1.29 is 13.9 Å². The van der Waals surface area contributed by atoms with E-state index in [9.17, 15) is 9.18 Å². The number of methoxy groups -OCH3 is 1. The second-order valence-electron chi connectivity index (χ2n) is 5.25. The predicted octanol–water partition coefficient (Wildman–Crippen LogP) is 3.51. The summed E-state index contributed by atoms with van der Waals surface area (Å²) >= 11 is 6.04. The van der Waals surface area contributed by atoms with Gasteiger partial charge in [-0.05, 0) is 25.0 Å². The van der Waals surface area contributed by atoms with Gasteiger partial charge in [-0.2, -0.15) is 0 Å². The molecule has 1 aliphatic rings. The summed E-state index contributed by atoms with van der Waals surface area (Å²) in [6.07, 6.45) is 4.87. The maximum atomic E-state index is 13.9. The summed E-state index contributed by atoms with van der Waals surface area (Å²) in [7, 11) is 1.42. The minimum absolute atomic E-state index is 0.0509. The third-order valence-corrected chi connectivity index (χ3v) is 4.38. The van der Waals surface area contributed by atoms with Gasteiger partial charge in [0.25, 0.3) is 5.91 Å². The Morgan fingerprint density at radius 2 is 2.10 bits per heavy atom. The van der Waals surface area contributed by atoms with E-state index in [2.05, 4.69) is 5.32 Å². The lowest BCUT2D eigenvalue weighted by Gasteiger charge is -2.36. The topological polar surface area (TPSA) is 38.3 Å². The van der Waals surface area contributed by atoms with E-state index in [0.717, 1.165) is 32.1 Å². The van der Waals surface area contributed by atoms with E-state index in [0.29, 0.717) is 5.88 Å². The van der Waals surface area contributed by atoms with Crippen LogP contribution in [0.15, 0.2) is 18.2 Å². The highest BCUT2D eigenvalue weighted by molar-refractivity contribution is 6.19. The number of hydrogen-bond acceptors (Lipinski definition) is 2. The molecule has 20 heavy (non-hydrogen) atoms. The number of alkyl halides is 1. The first kappa shape index (κ1) is 15.1. The van der Waals surface area contributed by atoms with E-state index in [1.807, 2.05) is 0 Å². The normalized spacial score (nSPS) is 17.6. The molecule has 0 aromatic heterocycles. The number of carbonyl (C=O) groups excluding carboxylic acids is 1. The zero-order valence-electron chi connectivity index (χ0n) is 11.5. The lowest BCUT2D eigenvalue weighted by molar-refractivity contribution is 0.0877. The van der Waals surface area contributed by atoms with Crippen molar-refractivity contribution in [3.63, 3.8) is 0 Å². The standard InChI is InChI=1S/C15H19ClFNO2/c1-20-12-7-5-6-11(17)13(12)14(19)18-15(10-16)8-3-2-4-9-15/h5-7H,2-4,8-10H2,1H3,(H,18,19). The van der Waals surface area contributed by atoms with Crippen LogP contribution in [0.4, 0.5) is 4.39 Å². The van der Waals surface area contributed by atoms with Gasteiger partial charge in [0.15, 0.2) is 0 Å². The van der Waals surface area contributed by atoms with Gasteiger partial charge < -0.3 is 10.1 Å².